The van der Waals surface area contributed by atoms with Crippen LogP contribution >= 0.6 is 0 Å². The van der Waals surface area contributed by atoms with E-state index in [1.807, 2.05) is 0 Å². The van der Waals surface area contributed by atoms with Crippen molar-refractivity contribution in [2.45, 2.75) is 0 Å². The lowest BCUT2D eigenvalue weighted by Crippen LogP contribution is -0.290. The lowest BCUT2D eigenvalue weighted by Gasteiger charge is -0.413. The van der Waals surface area contributed by atoms with Crippen LogP contribution in [-0.2, 0) is 0 Å². The maximum atomic E-state index is 6.25. The molecule has 0 aliphatic heterocycles. The highest BCUT2D eigenvalue weighted by Gasteiger charge is -0.409. The molecule has 0 saturated carbocycles. The molecule has 0 spiro atoms. The number of hydrogen-bond donors (Lipinski definition) is 0. The lowest BCUT2D eigenvalue weighted by atomic mass is 16.0. The molecule has 0 aliphatic rings. The molecule has 0 radical (unpaired) electrons. The fourth-order valence-corrected chi connectivity index (χ4v) is 0. The highest BCUT2D eigenvalue weighted by atomic mass is 16.0. The SMILES string of the molecule is O.[2HH].[2HH].[2H]O.[2H]O.[2H]O[2H].[2H][2H].[2H][2H].[HH]. The van der Waals surface area contributed by atoms with Crippen LogP contribution in [0.1, 0.15) is 13.1 Å². The lowest BCUT2D eigenvalue weighted by molar-refractivity contribution is 0.823. The van der Waals surface area contributed by atoms with Gasteiger partial charge in [0.15, 0.2) is 0 Å². The zero-order valence-electron chi connectivity index (χ0n) is 9.80. The van der Waals surface area contributed by atoms with Gasteiger partial charge < -0.3 is 21.9 Å². The van der Waals surface area contributed by atoms with Crippen molar-refractivity contribution in [1.82, 2.24) is 0 Å². The Bertz CT molecular complexity index is 12.5. The molecule has 4 nitrogen and oxygen atoms in total. The Balaban J connectivity index is -0.00000000407. The van der Waals surface area contributed by atoms with Gasteiger partial charge in [-0.1, -0.05) is 0 Å². The maximum Gasteiger partial charge on any atom is 0.206 e. The molecule has 0 aromatic rings. The van der Waals surface area contributed by atoms with Crippen molar-refractivity contribution >= 4 is 0 Å². The zero-order chi connectivity index (χ0) is 10.7. The zero-order valence-corrected chi connectivity index (χ0v) is 1.80. The highest BCUT2D eigenvalue weighted by Crippen LogP contribution is -0.286. The predicted molar refractivity (Wildman–Crippen MR) is 25.0 cm³/mol. The molecule has 0 aromatic carbocycles. The molecule has 0 rings (SSSR count). The first-order chi connectivity index (χ1) is 5.41. The van der Waals surface area contributed by atoms with E-state index in [2.05, 4.69) is 5.48 Å². The van der Waals surface area contributed by atoms with Crippen LogP contribution in [0.4, 0.5) is 0 Å². The summed E-state index contributed by atoms with van der Waals surface area (Å²) < 4.78 is 40.2. The van der Waals surface area contributed by atoms with Crippen molar-refractivity contribution in [2.75, 3.05) is 0 Å². The molecule has 0 unspecified atom stereocenters. The minimum absolute atomic E-state index is 0. The number of hydrogen-bond acceptors (Lipinski definition) is 0. The number of rotatable bonds is 0. The molecular weight excluding hydrogens is 64.0 g/mol. The standard InChI is InChI=1S/4H2O.5H2/h4*1H2;5*1H/i;;;;2*1+1D;2*1+1;/hD4. The van der Waals surface area contributed by atoms with Crippen molar-refractivity contribution in [3.05, 3.63) is 0 Å². The van der Waals surface area contributed by atoms with Gasteiger partial charge in [0, 0.05) is 10.2 Å². The Labute approximate surface area is 39.9 Å². The molecule has 42 valence electrons. The second-order valence-electron chi connectivity index (χ2n) is 0. The molecule has 0 heterocycles. The molecule has 0 bridgehead atoms. The summed E-state index contributed by atoms with van der Waals surface area (Å²) in [6, 6.07) is 0. The van der Waals surface area contributed by atoms with E-state index in [1.165, 1.54) is 0 Å². The molecule has 0 amide bonds. The van der Waals surface area contributed by atoms with Gasteiger partial charge in [0.25, 0.3) is 0 Å². The van der Waals surface area contributed by atoms with E-state index in [4.69, 9.17) is 22.6 Å². The molecule has 0 atom stereocenters. The molecule has 4 heavy (non-hydrogen) atoms. The van der Waals surface area contributed by atoms with E-state index < -0.39 is 0 Å². The summed E-state index contributed by atoms with van der Waals surface area (Å²) >= 11 is 0. The molecule has 0 aliphatic carbocycles. The summed E-state index contributed by atoms with van der Waals surface area (Å²) in [5.74, 6) is 0. The third kappa shape index (κ3) is 50.7. The van der Waals surface area contributed by atoms with Gasteiger partial charge in [-0.3, -0.25) is 0 Å². The minimum Gasteiger partial charge on any atom is -0.412 e. The quantitative estimate of drug-likeness (QED) is 0.325. The van der Waals surface area contributed by atoms with Gasteiger partial charge >= 0.3 is 0 Å². The maximum absolute atomic E-state index is 6.25. The second-order valence-corrected chi connectivity index (χ2v) is 0. The van der Waals surface area contributed by atoms with E-state index in [0.29, 0.717) is 0 Å². The van der Waals surface area contributed by atoms with Gasteiger partial charge in [0.1, 0.15) is 0 Å². The van der Waals surface area contributed by atoms with Crippen molar-refractivity contribution in [3.8, 4) is 0 Å². The normalized spacial score (nSPS) is 12.5. The molecule has 4 heteroatoms. The molecular formula is H18O4. The first kappa shape index (κ1) is 0.908. The Kier molecular flexibility index (Phi) is 85.3. The van der Waals surface area contributed by atoms with E-state index in [1.54, 1.807) is 0 Å². The Morgan fingerprint density at radius 1 is 1.75 bits per heavy atom. The van der Waals surface area contributed by atoms with Crippen LogP contribution in [0.25, 0.3) is 0 Å². The molecule has 8 N–H and O–H groups in total. The summed E-state index contributed by atoms with van der Waals surface area (Å²) in [5.41, 5.74) is 15.2. The van der Waals surface area contributed by atoms with Crippen LogP contribution in [0, 0.1) is 0 Å². The average molecular weight is 92.2 g/mol. The van der Waals surface area contributed by atoms with Gasteiger partial charge in [-0.05, 0) is 0 Å². The molecule has 0 aromatic heterocycles. The smallest absolute Gasteiger partial charge is 0.206 e. The van der Waals surface area contributed by atoms with Gasteiger partial charge in [-0.15, -0.1) is 0 Å². The first-order valence-corrected chi connectivity index (χ1v) is 0. The summed E-state index contributed by atoms with van der Waals surface area (Å²) in [7, 11) is 0. The third-order valence-corrected chi connectivity index (χ3v) is 0. The van der Waals surface area contributed by atoms with Gasteiger partial charge in [-0.25, -0.2) is 0 Å². The summed E-state index contributed by atoms with van der Waals surface area (Å²) in [5, 5.41) is 0. The topological polar surface area (TPSA) is 126 Å². The third-order valence-electron chi connectivity index (χ3n) is 0. The fraction of sp³-hybridized carbons (Fsp3) is 0. The van der Waals surface area contributed by atoms with Gasteiger partial charge in [-0.2, -0.15) is 0 Å². The monoisotopic (exact) mass is 92.2 g/mol. The van der Waals surface area contributed by atoms with E-state index in [-0.39, 0.29) is 9.76 Å². The Morgan fingerprint density at radius 2 is 1.75 bits per heavy atom. The largest absolute Gasteiger partial charge is 0.412 e. The van der Waals surface area contributed by atoms with Crippen LogP contribution in [0.5, 0.6) is 0 Å². The van der Waals surface area contributed by atoms with E-state index in [9.17, 15) is 0 Å². The molecule has 0 fully saturated rings. The fourth-order valence-electron chi connectivity index (χ4n) is 0. The highest BCUT2D eigenvalue weighted by molar-refractivity contribution is 0.827. The van der Waals surface area contributed by atoms with Crippen LogP contribution < -0.4 is 0 Å². The van der Waals surface area contributed by atoms with Crippen molar-refractivity contribution < 1.29 is 35.0 Å². The van der Waals surface area contributed by atoms with Crippen molar-refractivity contribution in [1.29, 1.82) is 2.86 Å². The van der Waals surface area contributed by atoms with Crippen LogP contribution in [0.2, 0.25) is 0 Å². The first-order valence-electron chi connectivity index (χ1n) is 3.71. The predicted octanol–water partition coefficient (Wildman–Crippen LogP) is -2.07. The van der Waals surface area contributed by atoms with Crippen LogP contribution in [0.15, 0.2) is 0 Å². The van der Waals surface area contributed by atoms with Crippen LogP contribution in [-0.4, -0.2) is 24.8 Å². The van der Waals surface area contributed by atoms with E-state index in [0.717, 1.165) is 0 Å². The van der Waals surface area contributed by atoms with E-state index >= 15 is 0 Å². The Hall–Kier alpha value is -0.160. The van der Waals surface area contributed by atoms with Gasteiger partial charge in [0.2, 0.25) is 5.72 Å². The summed E-state index contributed by atoms with van der Waals surface area (Å²) in [4.78, 5) is 0. The Morgan fingerprint density at radius 3 is 1.75 bits per heavy atom. The summed E-state index contributed by atoms with van der Waals surface area (Å²) in [6.07, 6.45) is 0. The second kappa shape index (κ2) is 376. The molecule has 0 saturated heterocycles. The van der Waals surface area contributed by atoms with Crippen molar-refractivity contribution in [2.24, 2.45) is 0 Å². The summed E-state index contributed by atoms with van der Waals surface area (Å²) in [6.45, 7) is 0. The average Bonchev–Trinajstić information content (AvgIpc) is 2.18. The minimum atomic E-state index is 0. The van der Waals surface area contributed by atoms with Crippen LogP contribution in [0.3, 0.4) is 0 Å². The van der Waals surface area contributed by atoms with Gasteiger partial charge in [0.05, 0.1) is 0 Å². The van der Waals surface area contributed by atoms with Crippen molar-refractivity contribution in [3.63, 3.8) is 0 Å².